The standard InChI is InChI=1S/C11H14ClO/c12-8-3-1-2-5-10-6-4-7-11(13)9-10/h4,6-7,9H,1-3,5,8H2. The Morgan fingerprint density at radius 3 is 2.69 bits per heavy atom. The van der Waals surface area contributed by atoms with Crippen molar-refractivity contribution >= 4 is 11.6 Å². The molecule has 0 fully saturated rings. The molecule has 0 aliphatic heterocycles. The maximum Gasteiger partial charge on any atom is 0.178 e. The Kier molecular flexibility index (Phi) is 4.69. The minimum atomic E-state index is 0.106. The lowest BCUT2D eigenvalue weighted by Gasteiger charge is -1.99. The van der Waals surface area contributed by atoms with Gasteiger partial charge in [0.05, 0.1) is 0 Å². The molecule has 0 bridgehead atoms. The minimum Gasteiger partial charge on any atom is -0.290 e. The molecule has 0 N–H and O–H groups in total. The van der Waals surface area contributed by atoms with Crippen LogP contribution in [0.25, 0.3) is 0 Å². The highest BCUT2D eigenvalue weighted by atomic mass is 35.5. The van der Waals surface area contributed by atoms with E-state index in [0.717, 1.165) is 37.1 Å². The fraction of sp³-hybridized carbons (Fsp3) is 0.455. The Hall–Kier alpha value is -0.690. The van der Waals surface area contributed by atoms with Crippen molar-refractivity contribution in [2.45, 2.75) is 25.7 Å². The van der Waals surface area contributed by atoms with Crippen molar-refractivity contribution in [3.05, 3.63) is 29.8 Å². The Labute approximate surface area is 84.4 Å². The normalized spacial score (nSPS) is 10.2. The molecule has 0 heterocycles. The van der Waals surface area contributed by atoms with E-state index in [0.29, 0.717) is 0 Å². The summed E-state index contributed by atoms with van der Waals surface area (Å²) < 4.78 is 0. The topological polar surface area (TPSA) is 19.9 Å². The van der Waals surface area contributed by atoms with E-state index in [1.165, 1.54) is 0 Å². The molecule has 0 aromatic heterocycles. The average Bonchev–Trinajstić information content (AvgIpc) is 2.13. The second-order valence-corrected chi connectivity index (χ2v) is 3.53. The first-order valence-electron chi connectivity index (χ1n) is 4.65. The van der Waals surface area contributed by atoms with Crippen LogP contribution in [0.3, 0.4) is 0 Å². The predicted octanol–water partition coefficient (Wildman–Crippen LogP) is 3.78. The van der Waals surface area contributed by atoms with Crippen molar-refractivity contribution in [2.75, 3.05) is 5.88 Å². The maximum absolute atomic E-state index is 11.0. The molecule has 0 aliphatic rings. The minimum absolute atomic E-state index is 0.106. The van der Waals surface area contributed by atoms with E-state index >= 15 is 0 Å². The summed E-state index contributed by atoms with van der Waals surface area (Å²) >= 11 is 5.56. The maximum atomic E-state index is 11.0. The lowest BCUT2D eigenvalue weighted by Crippen LogP contribution is -1.85. The molecule has 1 aromatic carbocycles. The first kappa shape index (κ1) is 10.4. The molecule has 1 radical (unpaired) electrons. The molecule has 0 spiro atoms. The second-order valence-electron chi connectivity index (χ2n) is 3.15. The third-order valence-corrected chi connectivity index (χ3v) is 2.26. The van der Waals surface area contributed by atoms with Gasteiger partial charge in [0.15, 0.2) is 5.75 Å². The first-order chi connectivity index (χ1) is 6.33. The van der Waals surface area contributed by atoms with Crippen molar-refractivity contribution in [3.63, 3.8) is 0 Å². The fourth-order valence-electron chi connectivity index (χ4n) is 1.30. The largest absolute Gasteiger partial charge is 0.290 e. The summed E-state index contributed by atoms with van der Waals surface area (Å²) in [6.07, 6.45) is 4.33. The number of hydrogen-bond acceptors (Lipinski definition) is 0. The van der Waals surface area contributed by atoms with Crippen molar-refractivity contribution < 1.29 is 5.11 Å². The van der Waals surface area contributed by atoms with Crippen LogP contribution >= 0.6 is 11.6 Å². The Balaban J connectivity index is 2.28. The number of halogens is 1. The van der Waals surface area contributed by atoms with Crippen LogP contribution in [0.5, 0.6) is 5.75 Å². The monoisotopic (exact) mass is 197 g/mol. The van der Waals surface area contributed by atoms with Crippen LogP contribution in [-0.2, 0) is 11.5 Å². The van der Waals surface area contributed by atoms with Gasteiger partial charge in [-0.3, -0.25) is 5.11 Å². The van der Waals surface area contributed by atoms with E-state index in [-0.39, 0.29) is 5.75 Å². The highest BCUT2D eigenvalue weighted by Crippen LogP contribution is 2.14. The van der Waals surface area contributed by atoms with Crippen LogP contribution in [0, 0.1) is 0 Å². The quantitative estimate of drug-likeness (QED) is 0.506. The number of alkyl halides is 1. The van der Waals surface area contributed by atoms with E-state index in [1.807, 2.05) is 12.1 Å². The van der Waals surface area contributed by atoms with Crippen LogP contribution in [0.4, 0.5) is 0 Å². The summed E-state index contributed by atoms with van der Waals surface area (Å²) in [5.41, 5.74) is 1.14. The smallest absolute Gasteiger partial charge is 0.178 e. The van der Waals surface area contributed by atoms with E-state index in [4.69, 9.17) is 11.6 Å². The van der Waals surface area contributed by atoms with Gasteiger partial charge in [0.2, 0.25) is 0 Å². The molecule has 0 unspecified atom stereocenters. The third-order valence-electron chi connectivity index (χ3n) is 2.00. The molecular formula is C11H14ClO. The van der Waals surface area contributed by atoms with Gasteiger partial charge in [-0.15, -0.1) is 11.6 Å². The van der Waals surface area contributed by atoms with Crippen molar-refractivity contribution in [2.24, 2.45) is 0 Å². The van der Waals surface area contributed by atoms with Gasteiger partial charge in [0.1, 0.15) is 0 Å². The molecule has 0 saturated carbocycles. The van der Waals surface area contributed by atoms with E-state index < -0.39 is 0 Å². The first-order valence-corrected chi connectivity index (χ1v) is 5.18. The summed E-state index contributed by atoms with van der Waals surface area (Å²) in [4.78, 5) is 0. The summed E-state index contributed by atoms with van der Waals surface area (Å²) in [6, 6.07) is 7.12. The highest BCUT2D eigenvalue weighted by Gasteiger charge is 1.95. The summed E-state index contributed by atoms with van der Waals surface area (Å²) in [5, 5.41) is 11.0. The van der Waals surface area contributed by atoms with Gasteiger partial charge in [-0.05, 0) is 37.0 Å². The van der Waals surface area contributed by atoms with Gasteiger partial charge in [-0.2, -0.15) is 0 Å². The molecule has 13 heavy (non-hydrogen) atoms. The molecule has 1 aromatic rings. The number of unbranched alkanes of at least 4 members (excludes halogenated alkanes) is 2. The van der Waals surface area contributed by atoms with Crippen molar-refractivity contribution in [1.29, 1.82) is 0 Å². The molecule has 0 amide bonds. The summed E-state index contributed by atoms with van der Waals surface area (Å²) in [7, 11) is 0. The number of aryl methyl sites for hydroxylation is 1. The van der Waals surface area contributed by atoms with E-state index in [1.54, 1.807) is 12.1 Å². The molecule has 2 heteroatoms. The van der Waals surface area contributed by atoms with Crippen molar-refractivity contribution in [3.8, 4) is 5.75 Å². The average molecular weight is 198 g/mol. The molecular weight excluding hydrogens is 184 g/mol. The van der Waals surface area contributed by atoms with Gasteiger partial charge in [-0.1, -0.05) is 18.6 Å². The van der Waals surface area contributed by atoms with E-state index in [9.17, 15) is 5.11 Å². The molecule has 71 valence electrons. The zero-order chi connectivity index (χ0) is 9.52. The van der Waals surface area contributed by atoms with Gasteiger partial charge >= 0.3 is 0 Å². The number of benzene rings is 1. The van der Waals surface area contributed by atoms with Crippen molar-refractivity contribution in [1.82, 2.24) is 0 Å². The number of hydrogen-bond donors (Lipinski definition) is 0. The Bertz CT molecular complexity index is 248. The van der Waals surface area contributed by atoms with Crippen LogP contribution in [0.1, 0.15) is 24.8 Å². The molecule has 1 rings (SSSR count). The third kappa shape index (κ3) is 4.18. The van der Waals surface area contributed by atoms with Gasteiger partial charge in [0.25, 0.3) is 0 Å². The fourth-order valence-corrected chi connectivity index (χ4v) is 1.49. The second kappa shape index (κ2) is 5.87. The lowest BCUT2D eigenvalue weighted by molar-refractivity contribution is 0.354. The summed E-state index contributed by atoms with van der Waals surface area (Å²) in [5.74, 6) is 0.844. The zero-order valence-corrected chi connectivity index (χ0v) is 8.39. The van der Waals surface area contributed by atoms with Crippen LogP contribution in [-0.4, -0.2) is 5.88 Å². The summed E-state index contributed by atoms with van der Waals surface area (Å²) in [6.45, 7) is 0. The van der Waals surface area contributed by atoms with Gasteiger partial charge in [0, 0.05) is 5.88 Å². The van der Waals surface area contributed by atoms with Gasteiger partial charge < -0.3 is 0 Å². The van der Waals surface area contributed by atoms with Crippen LogP contribution < -0.4 is 0 Å². The SMILES string of the molecule is [O]c1cccc(CCCCCCl)c1. The Morgan fingerprint density at radius 1 is 1.15 bits per heavy atom. The number of rotatable bonds is 5. The Morgan fingerprint density at radius 2 is 2.00 bits per heavy atom. The molecule has 0 atom stereocenters. The predicted molar refractivity (Wildman–Crippen MR) is 54.8 cm³/mol. The van der Waals surface area contributed by atoms with E-state index in [2.05, 4.69) is 0 Å². The lowest BCUT2D eigenvalue weighted by atomic mass is 10.1. The molecule has 1 nitrogen and oxygen atoms in total. The molecule has 0 aliphatic carbocycles. The highest BCUT2D eigenvalue weighted by molar-refractivity contribution is 6.17. The van der Waals surface area contributed by atoms with Crippen LogP contribution in [0.15, 0.2) is 24.3 Å². The van der Waals surface area contributed by atoms with Crippen LogP contribution in [0.2, 0.25) is 0 Å². The van der Waals surface area contributed by atoms with Gasteiger partial charge in [-0.25, -0.2) is 0 Å². The molecule has 0 saturated heterocycles. The zero-order valence-electron chi connectivity index (χ0n) is 7.63.